The number of hydrogen-bond donors (Lipinski definition) is 0. The molecule has 0 N–H and O–H groups in total. The Labute approximate surface area is 115 Å². The third-order valence-corrected chi connectivity index (χ3v) is 4.25. The maximum absolute atomic E-state index is 12.3. The first-order chi connectivity index (χ1) is 7.79. The first-order valence-corrected chi connectivity index (χ1v) is 7.34. The van der Waals surface area contributed by atoms with E-state index in [1.54, 1.807) is 11.9 Å². The lowest BCUT2D eigenvalue weighted by Crippen LogP contribution is -2.36. The second-order valence-corrected chi connectivity index (χ2v) is 6.52. The molecule has 4 nitrogen and oxygen atoms in total. The lowest BCUT2D eigenvalue weighted by Gasteiger charge is -2.24. The summed E-state index contributed by atoms with van der Waals surface area (Å²) in [7, 11) is 1.81. The molecule has 17 heavy (non-hydrogen) atoms. The van der Waals surface area contributed by atoms with Crippen molar-refractivity contribution in [1.29, 1.82) is 0 Å². The molecule has 0 aliphatic carbocycles. The van der Waals surface area contributed by atoms with E-state index in [1.807, 2.05) is 27.7 Å². The number of rotatable bonds is 3. The van der Waals surface area contributed by atoms with Crippen LogP contribution in [0.5, 0.6) is 0 Å². The molecule has 0 aliphatic rings. The van der Waals surface area contributed by atoms with Crippen LogP contribution in [0, 0.1) is 0 Å². The van der Waals surface area contributed by atoms with E-state index in [0.29, 0.717) is 4.88 Å². The summed E-state index contributed by atoms with van der Waals surface area (Å²) in [5, 5.41) is 4.84. The van der Waals surface area contributed by atoms with Crippen molar-refractivity contribution in [1.82, 2.24) is 14.5 Å². The molecule has 0 fully saturated rings. The van der Waals surface area contributed by atoms with E-state index in [4.69, 9.17) is 0 Å². The summed E-state index contributed by atoms with van der Waals surface area (Å²) >= 11 is 4.56. The zero-order valence-electron chi connectivity index (χ0n) is 10.8. The predicted molar refractivity (Wildman–Crippen MR) is 74.0 cm³/mol. The minimum absolute atomic E-state index is 0.00289. The van der Waals surface area contributed by atoms with Crippen LogP contribution in [0.4, 0.5) is 0 Å². The van der Waals surface area contributed by atoms with Crippen molar-refractivity contribution in [3.8, 4) is 0 Å². The van der Waals surface area contributed by atoms with Gasteiger partial charge in [0.2, 0.25) is 0 Å². The lowest BCUT2D eigenvalue weighted by atomic mass is 9.91. The molecule has 1 heterocycles. The summed E-state index contributed by atoms with van der Waals surface area (Å²) in [5.41, 5.74) is 0.623. The van der Waals surface area contributed by atoms with Gasteiger partial charge in [-0.1, -0.05) is 41.2 Å². The van der Waals surface area contributed by atoms with E-state index in [1.165, 1.54) is 11.5 Å². The van der Waals surface area contributed by atoms with Crippen molar-refractivity contribution in [3.63, 3.8) is 0 Å². The summed E-state index contributed by atoms with van der Waals surface area (Å²) in [4.78, 5) is 14.7. The molecular formula is C11H18BrN3OS. The molecule has 1 atom stereocenters. The summed E-state index contributed by atoms with van der Waals surface area (Å²) < 4.78 is 3.91. The number of alkyl halides is 1. The van der Waals surface area contributed by atoms with E-state index in [0.717, 1.165) is 11.0 Å². The first kappa shape index (κ1) is 14.6. The van der Waals surface area contributed by atoms with E-state index in [2.05, 4.69) is 25.5 Å². The fraction of sp³-hybridized carbons (Fsp3) is 0.727. The van der Waals surface area contributed by atoms with E-state index in [-0.39, 0.29) is 17.4 Å². The molecule has 0 bridgehead atoms. The highest BCUT2D eigenvalue weighted by Crippen LogP contribution is 2.26. The zero-order chi connectivity index (χ0) is 13.2. The normalized spacial score (nSPS) is 13.5. The highest BCUT2D eigenvalue weighted by Gasteiger charge is 2.29. The Morgan fingerprint density at radius 3 is 2.59 bits per heavy atom. The standard InChI is InChI=1S/C11H18BrN3OS/c1-7(6-12)15(5)10(16)8-9(11(2,3)4)13-14-17-8/h7H,6H2,1-5H3. The molecule has 1 aromatic rings. The van der Waals surface area contributed by atoms with Crippen LogP contribution in [0.3, 0.4) is 0 Å². The smallest absolute Gasteiger partial charge is 0.267 e. The van der Waals surface area contributed by atoms with Crippen molar-refractivity contribution in [2.75, 3.05) is 12.4 Å². The molecule has 1 amide bonds. The Bertz CT molecular complexity index is 400. The largest absolute Gasteiger partial charge is 0.337 e. The Balaban J connectivity index is 3.02. The minimum atomic E-state index is -0.156. The van der Waals surface area contributed by atoms with Crippen molar-refractivity contribution in [2.45, 2.75) is 39.2 Å². The van der Waals surface area contributed by atoms with Gasteiger partial charge in [-0.2, -0.15) is 0 Å². The molecule has 6 heteroatoms. The fourth-order valence-corrected chi connectivity index (χ4v) is 2.58. The van der Waals surface area contributed by atoms with Crippen LogP contribution in [0.2, 0.25) is 0 Å². The number of carbonyl (C=O) groups excluding carboxylic acids is 1. The second-order valence-electron chi connectivity index (χ2n) is 5.12. The topological polar surface area (TPSA) is 46.1 Å². The van der Waals surface area contributed by atoms with Gasteiger partial charge in [0.05, 0.1) is 5.69 Å². The molecule has 0 radical (unpaired) electrons. The number of carbonyl (C=O) groups is 1. The first-order valence-electron chi connectivity index (χ1n) is 5.45. The van der Waals surface area contributed by atoms with Crippen LogP contribution < -0.4 is 0 Å². The van der Waals surface area contributed by atoms with Crippen LogP contribution in [-0.4, -0.2) is 38.8 Å². The minimum Gasteiger partial charge on any atom is -0.337 e. The average Bonchev–Trinajstić information content (AvgIpc) is 2.74. The third kappa shape index (κ3) is 3.25. The predicted octanol–water partition coefficient (Wildman–Crippen LogP) is 2.69. The molecule has 0 aromatic carbocycles. The Morgan fingerprint density at radius 2 is 2.12 bits per heavy atom. The third-order valence-electron chi connectivity index (χ3n) is 2.60. The van der Waals surface area contributed by atoms with Crippen LogP contribution in [-0.2, 0) is 5.41 Å². The van der Waals surface area contributed by atoms with Gasteiger partial charge in [0.15, 0.2) is 0 Å². The van der Waals surface area contributed by atoms with Gasteiger partial charge in [-0.15, -0.1) is 5.10 Å². The van der Waals surface area contributed by atoms with Gasteiger partial charge in [-0.05, 0) is 18.5 Å². The maximum Gasteiger partial charge on any atom is 0.267 e. The zero-order valence-corrected chi connectivity index (χ0v) is 13.2. The van der Waals surface area contributed by atoms with Crippen molar-refractivity contribution in [2.24, 2.45) is 0 Å². The van der Waals surface area contributed by atoms with E-state index in [9.17, 15) is 4.79 Å². The highest BCUT2D eigenvalue weighted by atomic mass is 79.9. The summed E-state index contributed by atoms with van der Waals surface area (Å²) in [6, 6.07) is 0.150. The molecule has 0 spiro atoms. The Hall–Kier alpha value is -0.490. The summed E-state index contributed by atoms with van der Waals surface area (Å²) in [5.74, 6) is -0.00289. The van der Waals surface area contributed by atoms with E-state index < -0.39 is 0 Å². The SMILES string of the molecule is CC(CBr)N(C)C(=O)c1snnc1C(C)(C)C. The van der Waals surface area contributed by atoms with Gasteiger partial charge in [0.25, 0.3) is 5.91 Å². The van der Waals surface area contributed by atoms with Crippen LogP contribution in [0.25, 0.3) is 0 Å². The van der Waals surface area contributed by atoms with Gasteiger partial charge in [-0.3, -0.25) is 4.79 Å². The Morgan fingerprint density at radius 1 is 1.53 bits per heavy atom. The second kappa shape index (κ2) is 5.44. The molecule has 1 aromatic heterocycles. The maximum atomic E-state index is 12.3. The van der Waals surface area contributed by atoms with Crippen LogP contribution in [0.1, 0.15) is 43.1 Å². The number of amides is 1. The van der Waals surface area contributed by atoms with Gasteiger partial charge in [0, 0.05) is 23.8 Å². The molecule has 0 aliphatic heterocycles. The van der Waals surface area contributed by atoms with Gasteiger partial charge >= 0.3 is 0 Å². The Kier molecular flexibility index (Phi) is 4.66. The number of aromatic nitrogens is 2. The van der Waals surface area contributed by atoms with Crippen molar-refractivity contribution >= 4 is 33.4 Å². The molecule has 1 rings (SSSR count). The molecular weight excluding hydrogens is 302 g/mol. The monoisotopic (exact) mass is 319 g/mol. The summed E-state index contributed by atoms with van der Waals surface area (Å²) in [6.07, 6.45) is 0. The highest BCUT2D eigenvalue weighted by molar-refractivity contribution is 9.09. The summed E-state index contributed by atoms with van der Waals surface area (Å²) in [6.45, 7) is 8.11. The molecule has 0 saturated carbocycles. The van der Waals surface area contributed by atoms with Gasteiger partial charge < -0.3 is 4.90 Å². The number of halogens is 1. The van der Waals surface area contributed by atoms with Gasteiger partial charge in [-0.25, -0.2) is 0 Å². The number of hydrogen-bond acceptors (Lipinski definition) is 4. The molecule has 1 unspecified atom stereocenters. The fourth-order valence-electron chi connectivity index (χ4n) is 1.29. The van der Waals surface area contributed by atoms with Crippen molar-refractivity contribution in [3.05, 3.63) is 10.6 Å². The lowest BCUT2D eigenvalue weighted by molar-refractivity contribution is 0.0760. The van der Waals surface area contributed by atoms with Gasteiger partial charge in [0.1, 0.15) is 4.88 Å². The molecule has 96 valence electrons. The van der Waals surface area contributed by atoms with E-state index >= 15 is 0 Å². The average molecular weight is 320 g/mol. The van der Waals surface area contributed by atoms with Crippen LogP contribution >= 0.6 is 27.5 Å². The number of nitrogens with zero attached hydrogens (tertiary/aromatic N) is 3. The van der Waals surface area contributed by atoms with Crippen molar-refractivity contribution < 1.29 is 4.79 Å². The van der Waals surface area contributed by atoms with Crippen LogP contribution in [0.15, 0.2) is 0 Å². The quantitative estimate of drug-likeness (QED) is 0.805. The molecule has 0 saturated heterocycles.